The quantitative estimate of drug-likeness (QED) is 0.530. The number of halogens is 3. The van der Waals surface area contributed by atoms with Crippen molar-refractivity contribution in [3.63, 3.8) is 0 Å². The Morgan fingerprint density at radius 1 is 1.14 bits per heavy atom. The molecule has 3 rings (SSSR count). The lowest BCUT2D eigenvalue weighted by atomic mass is 10.2. The highest BCUT2D eigenvalue weighted by Crippen LogP contribution is 2.25. The first kappa shape index (κ1) is 21.2. The van der Waals surface area contributed by atoms with Gasteiger partial charge in [0, 0.05) is 16.2 Å². The molecule has 0 fully saturated rings. The van der Waals surface area contributed by atoms with Gasteiger partial charge < -0.3 is 10.1 Å². The van der Waals surface area contributed by atoms with Crippen molar-refractivity contribution >= 4 is 52.4 Å². The van der Waals surface area contributed by atoms with Gasteiger partial charge in [-0.2, -0.15) is 5.10 Å². The number of ether oxygens (including phenoxy) is 1. The molecule has 1 heterocycles. The van der Waals surface area contributed by atoms with Crippen LogP contribution in [0.3, 0.4) is 0 Å². The van der Waals surface area contributed by atoms with Crippen LogP contribution in [-0.2, 0) is 16.1 Å². The average molecular weight is 453 g/mol. The number of amides is 1. The lowest BCUT2D eigenvalue weighted by Gasteiger charge is -2.13. The van der Waals surface area contributed by atoms with Gasteiger partial charge in [-0.25, -0.2) is 4.79 Å². The van der Waals surface area contributed by atoms with Crippen molar-refractivity contribution in [2.24, 2.45) is 0 Å². The summed E-state index contributed by atoms with van der Waals surface area (Å²) in [5.74, 6) is -1.19. The van der Waals surface area contributed by atoms with Gasteiger partial charge in [0.05, 0.1) is 29.0 Å². The lowest BCUT2D eigenvalue weighted by molar-refractivity contribution is -0.123. The standard InChI is InChI=1S/C20H16Cl3N3O3/c1-12(19(27)25-18-7-6-15(21)8-17(18)23)29-20(28)14-9-24-26(11-14)10-13-4-2-3-5-16(13)22/h2-9,11-12H,10H2,1H3,(H,25,27). The van der Waals surface area contributed by atoms with E-state index >= 15 is 0 Å². The van der Waals surface area contributed by atoms with E-state index in [1.165, 1.54) is 25.4 Å². The molecule has 1 amide bonds. The summed E-state index contributed by atoms with van der Waals surface area (Å²) in [7, 11) is 0. The zero-order valence-electron chi connectivity index (χ0n) is 15.2. The van der Waals surface area contributed by atoms with E-state index in [9.17, 15) is 9.59 Å². The molecule has 1 N–H and O–H groups in total. The number of nitrogens with one attached hydrogen (secondary N) is 1. The predicted octanol–water partition coefficient (Wildman–Crippen LogP) is 5.08. The van der Waals surface area contributed by atoms with Gasteiger partial charge in [0.1, 0.15) is 0 Å². The molecule has 6 nitrogen and oxygen atoms in total. The first-order valence-electron chi connectivity index (χ1n) is 8.56. The van der Waals surface area contributed by atoms with Gasteiger partial charge in [-0.1, -0.05) is 53.0 Å². The van der Waals surface area contributed by atoms with E-state index in [4.69, 9.17) is 39.5 Å². The molecule has 9 heteroatoms. The van der Waals surface area contributed by atoms with Crippen LogP contribution in [0.25, 0.3) is 0 Å². The molecule has 29 heavy (non-hydrogen) atoms. The fraction of sp³-hybridized carbons (Fsp3) is 0.150. The van der Waals surface area contributed by atoms with Crippen LogP contribution in [0.4, 0.5) is 5.69 Å². The number of aromatic nitrogens is 2. The van der Waals surface area contributed by atoms with E-state index in [0.29, 0.717) is 22.3 Å². The monoisotopic (exact) mass is 451 g/mol. The summed E-state index contributed by atoms with van der Waals surface area (Å²) in [6.07, 6.45) is 1.87. The van der Waals surface area contributed by atoms with E-state index in [0.717, 1.165) is 5.56 Å². The van der Waals surface area contributed by atoms with E-state index < -0.39 is 18.0 Å². The fourth-order valence-electron chi connectivity index (χ4n) is 2.46. The molecule has 1 unspecified atom stereocenters. The van der Waals surface area contributed by atoms with Crippen molar-refractivity contribution < 1.29 is 14.3 Å². The van der Waals surface area contributed by atoms with Gasteiger partial charge in [0.15, 0.2) is 6.10 Å². The summed E-state index contributed by atoms with van der Waals surface area (Å²) in [6, 6.07) is 12.0. The van der Waals surface area contributed by atoms with Gasteiger partial charge in [-0.05, 0) is 36.8 Å². The summed E-state index contributed by atoms with van der Waals surface area (Å²) in [6.45, 7) is 1.86. The van der Waals surface area contributed by atoms with Crippen molar-refractivity contribution in [1.82, 2.24) is 9.78 Å². The Balaban J connectivity index is 1.60. The van der Waals surface area contributed by atoms with Crippen LogP contribution in [0, 0.1) is 0 Å². The van der Waals surface area contributed by atoms with Gasteiger partial charge in [-0.15, -0.1) is 0 Å². The minimum absolute atomic E-state index is 0.223. The largest absolute Gasteiger partial charge is 0.449 e. The van der Waals surface area contributed by atoms with E-state index in [1.54, 1.807) is 22.9 Å². The number of hydrogen-bond acceptors (Lipinski definition) is 4. The second kappa shape index (κ2) is 9.31. The number of carbonyl (C=O) groups is 2. The normalized spacial score (nSPS) is 11.7. The van der Waals surface area contributed by atoms with Crippen molar-refractivity contribution in [2.75, 3.05) is 5.32 Å². The minimum Gasteiger partial charge on any atom is -0.449 e. The Morgan fingerprint density at radius 2 is 1.90 bits per heavy atom. The average Bonchev–Trinajstić information content (AvgIpc) is 3.14. The Hall–Kier alpha value is -2.54. The summed E-state index contributed by atoms with van der Waals surface area (Å²) >= 11 is 18.0. The van der Waals surface area contributed by atoms with Crippen LogP contribution < -0.4 is 5.32 Å². The summed E-state index contributed by atoms with van der Waals surface area (Å²) in [5.41, 5.74) is 1.46. The van der Waals surface area contributed by atoms with Crippen molar-refractivity contribution in [1.29, 1.82) is 0 Å². The van der Waals surface area contributed by atoms with Crippen LogP contribution in [0.2, 0.25) is 15.1 Å². The number of esters is 1. The molecule has 0 aliphatic carbocycles. The van der Waals surface area contributed by atoms with E-state index in [1.807, 2.05) is 18.2 Å². The lowest BCUT2D eigenvalue weighted by Crippen LogP contribution is -2.30. The molecule has 0 aliphatic rings. The van der Waals surface area contributed by atoms with Gasteiger partial charge >= 0.3 is 5.97 Å². The van der Waals surface area contributed by atoms with Crippen LogP contribution in [0.15, 0.2) is 54.9 Å². The number of carbonyl (C=O) groups excluding carboxylic acids is 2. The van der Waals surface area contributed by atoms with Crippen molar-refractivity contribution in [2.45, 2.75) is 19.6 Å². The van der Waals surface area contributed by atoms with E-state index in [-0.39, 0.29) is 10.6 Å². The van der Waals surface area contributed by atoms with Gasteiger partial charge in [-0.3, -0.25) is 9.48 Å². The summed E-state index contributed by atoms with van der Waals surface area (Å²) in [4.78, 5) is 24.6. The molecule has 1 atom stereocenters. The number of nitrogens with zero attached hydrogens (tertiary/aromatic N) is 2. The molecule has 0 radical (unpaired) electrons. The zero-order chi connectivity index (χ0) is 21.0. The summed E-state index contributed by atoms with van der Waals surface area (Å²) in [5, 5.41) is 8.07. The highest BCUT2D eigenvalue weighted by atomic mass is 35.5. The van der Waals surface area contributed by atoms with Gasteiger partial charge in [0.25, 0.3) is 5.91 Å². The van der Waals surface area contributed by atoms with Crippen LogP contribution >= 0.6 is 34.8 Å². The first-order chi connectivity index (χ1) is 13.8. The smallest absolute Gasteiger partial charge is 0.342 e. The molecule has 2 aromatic carbocycles. The Morgan fingerprint density at radius 3 is 2.62 bits per heavy atom. The van der Waals surface area contributed by atoms with Gasteiger partial charge in [0.2, 0.25) is 0 Å². The maximum atomic E-state index is 12.3. The maximum Gasteiger partial charge on any atom is 0.342 e. The van der Waals surface area contributed by atoms with Crippen molar-refractivity contribution in [3.8, 4) is 0 Å². The molecular weight excluding hydrogens is 437 g/mol. The Kier molecular flexibility index (Phi) is 6.79. The van der Waals surface area contributed by atoms with Crippen molar-refractivity contribution in [3.05, 3.63) is 81.1 Å². The van der Waals surface area contributed by atoms with Crippen LogP contribution in [0.5, 0.6) is 0 Å². The molecule has 0 saturated heterocycles. The highest BCUT2D eigenvalue weighted by molar-refractivity contribution is 6.36. The number of hydrogen-bond donors (Lipinski definition) is 1. The second-order valence-electron chi connectivity index (χ2n) is 6.18. The van der Waals surface area contributed by atoms with Crippen LogP contribution in [0.1, 0.15) is 22.8 Å². The molecule has 150 valence electrons. The van der Waals surface area contributed by atoms with Crippen LogP contribution in [-0.4, -0.2) is 27.8 Å². The SMILES string of the molecule is CC(OC(=O)c1cnn(Cc2ccccc2Cl)c1)C(=O)Nc1ccc(Cl)cc1Cl. The topological polar surface area (TPSA) is 73.2 Å². The third-order valence-electron chi connectivity index (χ3n) is 4.00. The third kappa shape index (κ3) is 5.50. The molecule has 0 bridgehead atoms. The Bertz CT molecular complexity index is 1050. The number of anilines is 1. The number of benzene rings is 2. The predicted molar refractivity (Wildman–Crippen MR) is 113 cm³/mol. The maximum absolute atomic E-state index is 12.3. The minimum atomic E-state index is -1.04. The molecule has 1 aromatic heterocycles. The Labute approximate surface area is 182 Å². The second-order valence-corrected chi connectivity index (χ2v) is 7.43. The highest BCUT2D eigenvalue weighted by Gasteiger charge is 2.21. The molecule has 0 saturated carbocycles. The fourth-order valence-corrected chi connectivity index (χ4v) is 3.12. The third-order valence-corrected chi connectivity index (χ3v) is 4.92. The zero-order valence-corrected chi connectivity index (χ0v) is 17.5. The molecular formula is C20H16Cl3N3O3. The molecule has 0 spiro atoms. The summed E-state index contributed by atoms with van der Waals surface area (Å²) < 4.78 is 6.79. The molecule has 0 aliphatic heterocycles. The van der Waals surface area contributed by atoms with E-state index in [2.05, 4.69) is 10.4 Å². The molecule has 3 aromatic rings. The first-order valence-corrected chi connectivity index (χ1v) is 9.69. The number of rotatable bonds is 6.